The van der Waals surface area contributed by atoms with E-state index < -0.39 is 44.1 Å². The first-order valence-electron chi connectivity index (χ1n) is 14.2. The van der Waals surface area contributed by atoms with Gasteiger partial charge in [0, 0.05) is 37.5 Å². The van der Waals surface area contributed by atoms with Gasteiger partial charge in [0.2, 0.25) is 10.0 Å². The third kappa shape index (κ3) is 8.14. The molecule has 2 aliphatic rings. The second-order valence-corrected chi connectivity index (χ2v) is 15.5. The normalized spacial score (nSPS) is 21.0. The zero-order chi connectivity index (χ0) is 30.3. The van der Waals surface area contributed by atoms with Gasteiger partial charge in [-0.3, -0.25) is 4.79 Å². The van der Waals surface area contributed by atoms with Crippen molar-refractivity contribution in [1.82, 2.24) is 19.0 Å². The number of carbonyl (C=O) groups is 1. The van der Waals surface area contributed by atoms with Crippen LogP contribution in [-0.4, -0.2) is 100 Å². The zero-order valence-electron chi connectivity index (χ0n) is 23.9. The number of nitrogens with zero attached hydrogens (tertiary/aromatic N) is 3. The van der Waals surface area contributed by atoms with Crippen molar-refractivity contribution in [3.05, 3.63) is 42.2 Å². The monoisotopic (exact) mass is 646 g/mol. The van der Waals surface area contributed by atoms with Crippen LogP contribution < -0.4 is 5.48 Å². The Kier molecular flexibility index (Phi) is 11.5. The lowest BCUT2D eigenvalue weighted by atomic mass is 10.2. The predicted molar refractivity (Wildman–Crippen MR) is 158 cm³/mol. The van der Waals surface area contributed by atoms with Crippen molar-refractivity contribution in [3.8, 4) is 10.4 Å². The topological polar surface area (TPSA) is 126 Å². The summed E-state index contributed by atoms with van der Waals surface area (Å²) in [5, 5.41) is 0. The van der Waals surface area contributed by atoms with E-state index in [-0.39, 0.29) is 29.6 Å². The quantitative estimate of drug-likeness (QED) is 0.330. The van der Waals surface area contributed by atoms with Crippen molar-refractivity contribution in [3.63, 3.8) is 0 Å². The van der Waals surface area contributed by atoms with Gasteiger partial charge < -0.3 is 9.64 Å². The number of rotatable bonds is 13. The van der Waals surface area contributed by atoms with Gasteiger partial charge in [-0.1, -0.05) is 26.0 Å². The molecule has 1 aromatic heterocycles. The Morgan fingerprint density at radius 2 is 1.83 bits per heavy atom. The molecule has 0 aliphatic carbocycles. The maximum Gasteiger partial charge on any atom is 0.263 e. The maximum atomic E-state index is 13.8. The molecule has 1 N–H and O–H groups in total. The summed E-state index contributed by atoms with van der Waals surface area (Å²) in [7, 11) is -7.95. The molecule has 2 aromatic rings. The van der Waals surface area contributed by atoms with E-state index in [0.717, 1.165) is 41.6 Å². The van der Waals surface area contributed by atoms with Crippen LogP contribution in [0.4, 0.5) is 4.39 Å². The van der Waals surface area contributed by atoms with Crippen LogP contribution in [0.25, 0.3) is 10.4 Å². The Balaban J connectivity index is 1.53. The first-order valence-corrected chi connectivity index (χ1v) is 18.1. The second-order valence-electron chi connectivity index (χ2n) is 10.2. The number of piperazine rings is 1. The van der Waals surface area contributed by atoms with Crippen molar-refractivity contribution in [1.29, 1.82) is 0 Å². The smallest absolute Gasteiger partial charge is 0.263 e. The Bertz CT molecular complexity index is 1390. The van der Waals surface area contributed by atoms with Gasteiger partial charge in [0.15, 0.2) is 6.29 Å². The average Bonchev–Trinajstić information content (AvgIpc) is 3.50. The summed E-state index contributed by atoms with van der Waals surface area (Å²) in [4.78, 5) is 21.6. The number of hydrogen-bond acceptors (Lipinski definition) is 9. The minimum Gasteiger partial charge on any atom is -0.350 e. The molecule has 2 fully saturated rings. The minimum absolute atomic E-state index is 0.00770. The Labute approximate surface area is 251 Å². The van der Waals surface area contributed by atoms with Crippen molar-refractivity contribution in [2.24, 2.45) is 0 Å². The number of hydrogen-bond donors (Lipinski definition) is 1. The third-order valence-electron chi connectivity index (χ3n) is 7.46. The van der Waals surface area contributed by atoms with Gasteiger partial charge in [-0.15, -0.1) is 11.3 Å². The van der Waals surface area contributed by atoms with E-state index in [1.807, 2.05) is 13.8 Å². The highest BCUT2D eigenvalue weighted by Gasteiger charge is 2.44. The van der Waals surface area contributed by atoms with Gasteiger partial charge in [0.05, 0.1) is 5.75 Å². The van der Waals surface area contributed by atoms with Crippen LogP contribution in [-0.2, 0) is 34.4 Å². The molecule has 4 rings (SSSR count). The fourth-order valence-electron chi connectivity index (χ4n) is 4.97. The summed E-state index contributed by atoms with van der Waals surface area (Å²) in [5.74, 6) is -1.28. The molecule has 1 amide bonds. The molecule has 0 spiro atoms. The summed E-state index contributed by atoms with van der Waals surface area (Å²) in [5.41, 5.74) is 2.98. The molecule has 42 heavy (non-hydrogen) atoms. The lowest BCUT2D eigenvalue weighted by Gasteiger charge is -2.38. The second kappa shape index (κ2) is 14.7. The van der Waals surface area contributed by atoms with E-state index in [9.17, 15) is 26.0 Å². The van der Waals surface area contributed by atoms with Crippen LogP contribution in [0.15, 0.2) is 40.6 Å². The first kappa shape index (κ1) is 32.9. The number of nitrogens with one attached hydrogen (secondary N) is 1. The molecular weight excluding hydrogens is 608 g/mol. The number of hydroxylamine groups is 1. The molecule has 234 valence electrons. The minimum atomic E-state index is -4.20. The number of sulfonamides is 2. The standard InChI is InChI=1S/C27H39FN4O7S3/c1-3-30(4-2)15-7-19-41(34,35)31-16-17-32(23(20-31)27(33)29-39-25-8-5-6-18-38-25)42(36,37)26-14-13-24(40-26)21-9-11-22(28)12-10-21/h9-14,23,25H,3-8,15-20H2,1-2H3,(H,29,33)/t23-,25?/m1/s1. The molecule has 2 atom stereocenters. The van der Waals surface area contributed by atoms with Crippen LogP contribution >= 0.6 is 11.3 Å². The van der Waals surface area contributed by atoms with Crippen LogP contribution in [0.2, 0.25) is 0 Å². The van der Waals surface area contributed by atoms with E-state index in [4.69, 9.17) is 9.57 Å². The average molecular weight is 647 g/mol. The number of amides is 1. The summed E-state index contributed by atoms with van der Waals surface area (Å²) >= 11 is 0.995. The predicted octanol–water partition coefficient (Wildman–Crippen LogP) is 2.87. The SMILES string of the molecule is CCN(CC)CCCS(=O)(=O)N1CCN(S(=O)(=O)c2ccc(-c3ccc(F)cc3)s2)[C@@H](C(=O)NOC2CCCCO2)C1. The lowest BCUT2D eigenvalue weighted by molar-refractivity contribution is -0.202. The van der Waals surface area contributed by atoms with Gasteiger partial charge >= 0.3 is 0 Å². The molecule has 15 heteroatoms. The fraction of sp³-hybridized carbons (Fsp3) is 0.593. The van der Waals surface area contributed by atoms with Crippen LogP contribution in [0.3, 0.4) is 0 Å². The zero-order valence-corrected chi connectivity index (χ0v) is 26.4. The largest absolute Gasteiger partial charge is 0.350 e. The molecule has 1 aromatic carbocycles. The van der Waals surface area contributed by atoms with Crippen molar-refractivity contribution in [2.45, 2.75) is 56.1 Å². The molecular formula is C27H39FN4O7S3. The molecule has 2 aliphatic heterocycles. The van der Waals surface area contributed by atoms with Gasteiger partial charge in [-0.05, 0) is 68.7 Å². The molecule has 11 nitrogen and oxygen atoms in total. The van der Waals surface area contributed by atoms with Gasteiger partial charge in [-0.2, -0.15) is 8.61 Å². The van der Waals surface area contributed by atoms with E-state index >= 15 is 0 Å². The summed E-state index contributed by atoms with van der Waals surface area (Å²) in [6.45, 7) is 6.11. The summed E-state index contributed by atoms with van der Waals surface area (Å²) < 4.78 is 75.3. The first-order chi connectivity index (χ1) is 20.0. The highest BCUT2D eigenvalue weighted by atomic mass is 32.2. The number of ether oxygens (including phenoxy) is 1. The third-order valence-corrected chi connectivity index (χ3v) is 12.9. The number of carbonyl (C=O) groups excluding carboxylic acids is 1. The Morgan fingerprint density at radius 3 is 2.50 bits per heavy atom. The molecule has 2 saturated heterocycles. The van der Waals surface area contributed by atoms with E-state index in [1.54, 1.807) is 18.2 Å². The molecule has 3 heterocycles. The van der Waals surface area contributed by atoms with Crippen LogP contribution in [0, 0.1) is 5.82 Å². The van der Waals surface area contributed by atoms with E-state index in [1.165, 1.54) is 22.5 Å². The summed E-state index contributed by atoms with van der Waals surface area (Å²) in [6, 6.07) is 7.41. The van der Waals surface area contributed by atoms with E-state index in [2.05, 4.69) is 10.4 Å². The highest BCUT2D eigenvalue weighted by molar-refractivity contribution is 7.91. The number of halogens is 1. The molecule has 1 unspecified atom stereocenters. The van der Waals surface area contributed by atoms with Crippen LogP contribution in [0.5, 0.6) is 0 Å². The molecule has 0 saturated carbocycles. The van der Waals surface area contributed by atoms with Gasteiger partial charge in [0.1, 0.15) is 16.1 Å². The van der Waals surface area contributed by atoms with Gasteiger partial charge in [0.25, 0.3) is 15.9 Å². The van der Waals surface area contributed by atoms with Crippen LogP contribution in [0.1, 0.15) is 39.5 Å². The van der Waals surface area contributed by atoms with Crippen molar-refractivity contribution in [2.75, 3.05) is 51.6 Å². The Morgan fingerprint density at radius 1 is 1.10 bits per heavy atom. The lowest BCUT2D eigenvalue weighted by Crippen LogP contribution is -2.61. The highest BCUT2D eigenvalue weighted by Crippen LogP contribution is 2.34. The maximum absolute atomic E-state index is 13.8. The van der Waals surface area contributed by atoms with E-state index in [0.29, 0.717) is 36.4 Å². The number of benzene rings is 1. The molecule has 0 radical (unpaired) electrons. The van der Waals surface area contributed by atoms with Crippen molar-refractivity contribution >= 4 is 37.3 Å². The summed E-state index contributed by atoms with van der Waals surface area (Å²) in [6.07, 6.45) is 2.07. The van der Waals surface area contributed by atoms with Gasteiger partial charge in [-0.25, -0.2) is 31.5 Å². The molecule has 0 bridgehead atoms. The fourth-order valence-corrected chi connectivity index (χ4v) is 9.47. The Hall–Kier alpha value is -1.98. The van der Waals surface area contributed by atoms with Crippen molar-refractivity contribution < 1.29 is 35.6 Å². The number of thiophene rings is 1.